The van der Waals surface area contributed by atoms with Crippen molar-refractivity contribution in [3.05, 3.63) is 132 Å². The van der Waals surface area contributed by atoms with Gasteiger partial charge in [0.15, 0.2) is 0 Å². The van der Waals surface area contributed by atoms with Crippen LogP contribution >= 0.6 is 0 Å². The van der Waals surface area contributed by atoms with Gasteiger partial charge in [-0.1, -0.05) is 60.2 Å². The SMILES string of the molecule is Cc1cc(-c2[c-]c(F)c(F)c(F)c2F)ncc1-c1ccccc1.[Ir].[c-]1ccccc1-c1ccccn1. The van der Waals surface area contributed by atoms with Crippen LogP contribution in [0.2, 0.25) is 0 Å². The molecule has 2 aromatic heterocycles. The Morgan fingerprint density at radius 3 is 2.08 bits per heavy atom. The van der Waals surface area contributed by atoms with Gasteiger partial charge in [0.05, 0.1) is 11.6 Å². The van der Waals surface area contributed by atoms with Gasteiger partial charge in [-0.25, -0.2) is 8.78 Å². The van der Waals surface area contributed by atoms with Crippen molar-refractivity contribution in [3.63, 3.8) is 0 Å². The third-order valence-electron chi connectivity index (χ3n) is 5.13. The molecule has 2 nitrogen and oxygen atoms in total. The van der Waals surface area contributed by atoms with Gasteiger partial charge in [-0.05, 0) is 35.5 Å². The van der Waals surface area contributed by atoms with Crippen molar-refractivity contribution in [1.82, 2.24) is 9.97 Å². The van der Waals surface area contributed by atoms with E-state index < -0.39 is 28.8 Å². The van der Waals surface area contributed by atoms with Gasteiger partial charge < -0.3 is 9.97 Å². The van der Waals surface area contributed by atoms with Crippen LogP contribution in [0.1, 0.15) is 5.56 Å². The summed E-state index contributed by atoms with van der Waals surface area (Å²) in [5.41, 5.74) is 3.90. The van der Waals surface area contributed by atoms with E-state index in [1.807, 2.05) is 78.9 Å². The smallest absolute Gasteiger partial charge is 0.114 e. The third kappa shape index (κ3) is 6.11. The van der Waals surface area contributed by atoms with Gasteiger partial charge >= 0.3 is 0 Å². The Morgan fingerprint density at radius 2 is 1.44 bits per heavy atom. The second-order valence-electron chi connectivity index (χ2n) is 7.50. The van der Waals surface area contributed by atoms with Crippen molar-refractivity contribution in [2.24, 2.45) is 0 Å². The first kappa shape index (κ1) is 26.9. The number of rotatable bonds is 3. The normalized spacial score (nSPS) is 10.1. The summed E-state index contributed by atoms with van der Waals surface area (Å²) < 4.78 is 53.5. The van der Waals surface area contributed by atoms with Gasteiger partial charge in [0.1, 0.15) is 11.6 Å². The maximum absolute atomic E-state index is 13.8. The number of nitrogens with zero attached hydrogens (tertiary/aromatic N) is 2. The molecular formula is C29H18F4IrN2-2. The fraction of sp³-hybridized carbons (Fsp3) is 0.0345. The van der Waals surface area contributed by atoms with Gasteiger partial charge in [-0.3, -0.25) is 8.78 Å². The van der Waals surface area contributed by atoms with Crippen LogP contribution in [-0.4, -0.2) is 9.97 Å². The third-order valence-corrected chi connectivity index (χ3v) is 5.13. The summed E-state index contributed by atoms with van der Waals surface area (Å²) in [6.07, 6.45) is 3.27. The summed E-state index contributed by atoms with van der Waals surface area (Å²) in [6.45, 7) is 1.77. The fourth-order valence-corrected chi connectivity index (χ4v) is 3.39. The molecule has 0 saturated carbocycles. The molecule has 5 aromatic rings. The molecule has 0 N–H and O–H groups in total. The van der Waals surface area contributed by atoms with Gasteiger partial charge in [-0.15, -0.1) is 35.9 Å². The topological polar surface area (TPSA) is 25.8 Å². The van der Waals surface area contributed by atoms with Crippen molar-refractivity contribution in [2.75, 3.05) is 0 Å². The molecule has 1 radical (unpaired) electrons. The van der Waals surface area contributed by atoms with Crippen molar-refractivity contribution in [2.45, 2.75) is 6.92 Å². The minimum Gasteiger partial charge on any atom is -0.305 e. The van der Waals surface area contributed by atoms with E-state index >= 15 is 0 Å². The molecule has 0 aliphatic rings. The Bertz CT molecular complexity index is 1390. The van der Waals surface area contributed by atoms with Crippen molar-refractivity contribution in [3.8, 4) is 33.6 Å². The Kier molecular flexibility index (Phi) is 9.23. The van der Waals surface area contributed by atoms with E-state index in [0.717, 1.165) is 27.9 Å². The number of halogens is 4. The maximum atomic E-state index is 13.8. The first-order valence-corrected chi connectivity index (χ1v) is 10.6. The predicted molar refractivity (Wildman–Crippen MR) is 127 cm³/mol. The van der Waals surface area contributed by atoms with Crippen molar-refractivity contribution >= 4 is 0 Å². The van der Waals surface area contributed by atoms with E-state index in [-0.39, 0.29) is 25.8 Å². The largest absolute Gasteiger partial charge is 0.305 e. The molecule has 5 rings (SSSR count). The zero-order chi connectivity index (χ0) is 24.8. The average molecular weight is 663 g/mol. The standard InChI is InChI=1S/C18H10F4N.C11H8N.Ir/c1-10-7-15(12-8-14(19)17(21)18(22)16(12)20)23-9-13(10)11-5-3-2-4-6-11;1-2-6-10(7-3-1)11-8-4-5-9-12-11;/h2-7,9H,1H3;1-6,8-9H;/q2*-1;. The molecule has 36 heavy (non-hydrogen) atoms. The molecule has 0 aliphatic heterocycles. The van der Waals surface area contributed by atoms with Crippen LogP contribution in [0.25, 0.3) is 33.6 Å². The number of benzene rings is 3. The van der Waals surface area contributed by atoms with Crippen LogP contribution in [0, 0.1) is 42.3 Å². The molecule has 0 spiro atoms. The molecule has 0 bridgehead atoms. The van der Waals surface area contributed by atoms with E-state index in [9.17, 15) is 17.6 Å². The number of hydrogen-bond acceptors (Lipinski definition) is 2. The zero-order valence-electron chi connectivity index (χ0n) is 18.9. The molecular weight excluding hydrogens is 645 g/mol. The van der Waals surface area contributed by atoms with E-state index in [1.54, 1.807) is 13.1 Å². The average Bonchev–Trinajstić information content (AvgIpc) is 2.91. The monoisotopic (exact) mass is 663 g/mol. The minimum absolute atomic E-state index is 0. The fourth-order valence-electron chi connectivity index (χ4n) is 3.39. The van der Waals surface area contributed by atoms with E-state index in [1.165, 1.54) is 12.3 Å². The summed E-state index contributed by atoms with van der Waals surface area (Å²) in [4.78, 5) is 8.25. The van der Waals surface area contributed by atoms with E-state index in [4.69, 9.17) is 0 Å². The first-order chi connectivity index (χ1) is 17.0. The van der Waals surface area contributed by atoms with Crippen LogP contribution in [0.4, 0.5) is 17.6 Å². The van der Waals surface area contributed by atoms with Crippen LogP contribution in [-0.2, 0) is 20.1 Å². The van der Waals surface area contributed by atoms with Gasteiger partial charge in [0.2, 0.25) is 0 Å². The summed E-state index contributed by atoms with van der Waals surface area (Å²) in [5, 5.41) is 0. The van der Waals surface area contributed by atoms with Crippen LogP contribution in [0.15, 0.2) is 91.3 Å². The second-order valence-corrected chi connectivity index (χ2v) is 7.50. The minimum atomic E-state index is -1.89. The molecule has 0 fully saturated rings. The predicted octanol–water partition coefficient (Wildman–Crippen LogP) is 7.63. The zero-order valence-corrected chi connectivity index (χ0v) is 21.3. The van der Waals surface area contributed by atoms with Crippen molar-refractivity contribution < 1.29 is 37.7 Å². The molecule has 0 unspecified atom stereocenters. The van der Waals surface area contributed by atoms with Crippen LogP contribution < -0.4 is 0 Å². The van der Waals surface area contributed by atoms with E-state index in [0.29, 0.717) is 0 Å². The number of aromatic nitrogens is 2. The molecule has 0 amide bonds. The maximum Gasteiger partial charge on any atom is 0.114 e. The Balaban J connectivity index is 0.000000234. The molecule has 2 heterocycles. The van der Waals surface area contributed by atoms with Crippen LogP contribution in [0.5, 0.6) is 0 Å². The first-order valence-electron chi connectivity index (χ1n) is 10.6. The van der Waals surface area contributed by atoms with E-state index in [2.05, 4.69) is 16.0 Å². The molecule has 7 heteroatoms. The Morgan fingerprint density at radius 1 is 0.722 bits per heavy atom. The molecule has 3 aromatic carbocycles. The summed E-state index contributed by atoms with van der Waals surface area (Å²) >= 11 is 0. The van der Waals surface area contributed by atoms with Crippen molar-refractivity contribution in [1.29, 1.82) is 0 Å². The number of aryl methyl sites for hydroxylation is 1. The summed E-state index contributed by atoms with van der Waals surface area (Å²) in [7, 11) is 0. The molecule has 0 saturated heterocycles. The Labute approximate surface area is 220 Å². The van der Waals surface area contributed by atoms with Gasteiger partial charge in [-0.2, -0.15) is 0 Å². The summed E-state index contributed by atoms with van der Waals surface area (Å²) in [6, 6.07) is 29.5. The Hall–Kier alpha value is -3.67. The number of pyridine rings is 2. The van der Waals surface area contributed by atoms with Gasteiger partial charge in [0, 0.05) is 38.1 Å². The molecule has 0 atom stereocenters. The number of hydrogen-bond donors (Lipinski definition) is 0. The van der Waals surface area contributed by atoms with Crippen LogP contribution in [0.3, 0.4) is 0 Å². The quantitative estimate of drug-likeness (QED) is 0.0860. The molecule has 0 aliphatic carbocycles. The summed E-state index contributed by atoms with van der Waals surface area (Å²) in [5.74, 6) is -6.85. The van der Waals surface area contributed by atoms with Gasteiger partial charge in [0.25, 0.3) is 0 Å². The molecule has 183 valence electrons. The second kappa shape index (κ2) is 12.3.